The van der Waals surface area contributed by atoms with Crippen LogP contribution in [0, 0.1) is 0 Å². The Balaban J connectivity index is 1.07. The molecule has 0 unspecified atom stereocenters. The first-order valence-electron chi connectivity index (χ1n) is 19.3. The van der Waals surface area contributed by atoms with E-state index in [1.807, 2.05) is 36.4 Å². The number of hydrogen-bond acceptors (Lipinski definition) is 3. The number of hydrogen-bond donors (Lipinski definition) is 0. The molecule has 0 saturated heterocycles. The maximum absolute atomic E-state index is 6.23. The average molecular weight is 730 g/mol. The Morgan fingerprint density at radius 2 is 0.982 bits per heavy atom. The average Bonchev–Trinajstić information content (AvgIpc) is 3.88. The highest BCUT2D eigenvalue weighted by Gasteiger charge is 2.21. The molecule has 4 nitrogen and oxygen atoms in total. The van der Waals surface area contributed by atoms with Crippen LogP contribution in [0.25, 0.3) is 83.1 Å². The molecule has 0 aliphatic rings. The molecule has 11 rings (SSSR count). The minimum Gasteiger partial charge on any atom is -0.436 e. The van der Waals surface area contributed by atoms with Crippen molar-refractivity contribution >= 4 is 60.7 Å². The molecule has 9 aromatic carbocycles. The highest BCUT2D eigenvalue weighted by atomic mass is 16.3. The molecule has 2 heterocycles. The van der Waals surface area contributed by atoms with Crippen LogP contribution in [0.1, 0.15) is 0 Å². The minimum atomic E-state index is 0.631. The van der Waals surface area contributed by atoms with E-state index >= 15 is 0 Å². The van der Waals surface area contributed by atoms with E-state index in [2.05, 4.69) is 185 Å². The summed E-state index contributed by atoms with van der Waals surface area (Å²) in [6.45, 7) is 0. The number of anilines is 3. The zero-order valence-corrected chi connectivity index (χ0v) is 31.0. The molecular formula is C53H35N3O. The predicted molar refractivity (Wildman–Crippen MR) is 237 cm³/mol. The molecule has 0 aliphatic carbocycles. The first kappa shape index (κ1) is 32.7. The second-order valence-electron chi connectivity index (χ2n) is 14.4. The van der Waals surface area contributed by atoms with Gasteiger partial charge < -0.3 is 13.9 Å². The number of benzene rings is 9. The quantitative estimate of drug-likeness (QED) is 0.164. The summed E-state index contributed by atoms with van der Waals surface area (Å²) >= 11 is 0. The van der Waals surface area contributed by atoms with Crippen molar-refractivity contribution in [2.24, 2.45) is 0 Å². The molecule has 0 atom stereocenters. The van der Waals surface area contributed by atoms with Crippen molar-refractivity contribution in [3.63, 3.8) is 0 Å². The number of oxazole rings is 1. The Hall–Kier alpha value is -7.69. The van der Waals surface area contributed by atoms with Gasteiger partial charge in [-0.2, -0.15) is 0 Å². The van der Waals surface area contributed by atoms with Gasteiger partial charge in [-0.05, 0) is 107 Å². The maximum atomic E-state index is 6.23. The lowest BCUT2D eigenvalue weighted by atomic mass is 9.97. The molecular weight excluding hydrogens is 695 g/mol. The van der Waals surface area contributed by atoms with Crippen molar-refractivity contribution in [2.45, 2.75) is 0 Å². The topological polar surface area (TPSA) is 34.2 Å². The lowest BCUT2D eigenvalue weighted by Gasteiger charge is -2.27. The highest BCUT2D eigenvalue weighted by Crippen LogP contribution is 2.45. The molecule has 0 bridgehead atoms. The molecule has 11 aromatic rings. The highest BCUT2D eigenvalue weighted by molar-refractivity contribution is 6.16. The van der Waals surface area contributed by atoms with Gasteiger partial charge in [-0.1, -0.05) is 133 Å². The summed E-state index contributed by atoms with van der Waals surface area (Å²) in [4.78, 5) is 7.37. The summed E-state index contributed by atoms with van der Waals surface area (Å²) < 4.78 is 8.61. The Morgan fingerprint density at radius 3 is 1.72 bits per heavy atom. The van der Waals surface area contributed by atoms with Crippen molar-refractivity contribution in [3.05, 3.63) is 212 Å². The van der Waals surface area contributed by atoms with Gasteiger partial charge in [0.2, 0.25) is 5.89 Å². The first-order chi connectivity index (χ1) is 28.3. The molecule has 0 spiro atoms. The second kappa shape index (κ2) is 13.6. The molecule has 0 aliphatic heterocycles. The normalized spacial score (nSPS) is 11.5. The Bertz CT molecular complexity index is 3200. The number of para-hydroxylation sites is 2. The second-order valence-corrected chi connectivity index (χ2v) is 14.4. The zero-order valence-electron chi connectivity index (χ0n) is 31.0. The van der Waals surface area contributed by atoms with E-state index in [4.69, 9.17) is 9.40 Å². The van der Waals surface area contributed by atoms with Gasteiger partial charge in [-0.3, -0.25) is 0 Å². The number of rotatable bonds is 7. The van der Waals surface area contributed by atoms with Crippen molar-refractivity contribution in [1.29, 1.82) is 0 Å². The standard InChI is InChI=1S/C53H35N3O/c1-4-14-36(15-5-1)37-26-30-41(31-27-37)55(48-24-13-25-49-51(48)46-20-10-11-23-47(46)56(49)40-18-8-3-9-19-40)42-32-28-38(29-33-42)43-21-12-22-45-44(43)34-35-50-52(45)54-53(57-50)39-16-6-2-7-17-39/h1-35H. The van der Waals surface area contributed by atoms with E-state index in [-0.39, 0.29) is 0 Å². The van der Waals surface area contributed by atoms with Crippen LogP contribution < -0.4 is 4.90 Å². The van der Waals surface area contributed by atoms with E-state index in [0.29, 0.717) is 5.89 Å². The number of aromatic nitrogens is 2. The van der Waals surface area contributed by atoms with Crippen LogP contribution in [-0.2, 0) is 0 Å². The van der Waals surface area contributed by atoms with Crippen molar-refractivity contribution < 1.29 is 4.42 Å². The molecule has 0 amide bonds. The Labute approximate surface area is 330 Å². The maximum Gasteiger partial charge on any atom is 0.227 e. The van der Waals surface area contributed by atoms with Gasteiger partial charge in [0.25, 0.3) is 0 Å². The summed E-state index contributed by atoms with van der Waals surface area (Å²) in [5, 5.41) is 4.62. The third-order valence-electron chi connectivity index (χ3n) is 11.0. The van der Waals surface area contributed by atoms with E-state index < -0.39 is 0 Å². The minimum absolute atomic E-state index is 0.631. The van der Waals surface area contributed by atoms with Crippen LogP contribution in [0.15, 0.2) is 217 Å². The Kier molecular flexibility index (Phi) is 7.78. The fourth-order valence-electron chi connectivity index (χ4n) is 8.40. The van der Waals surface area contributed by atoms with Crippen molar-refractivity contribution in [2.75, 3.05) is 4.90 Å². The van der Waals surface area contributed by atoms with E-state index in [0.717, 1.165) is 66.8 Å². The monoisotopic (exact) mass is 729 g/mol. The summed E-state index contributed by atoms with van der Waals surface area (Å²) in [5.41, 5.74) is 14.0. The lowest BCUT2D eigenvalue weighted by molar-refractivity contribution is 0.620. The predicted octanol–water partition coefficient (Wildman–Crippen LogP) is 14.5. The largest absolute Gasteiger partial charge is 0.436 e. The van der Waals surface area contributed by atoms with Crippen LogP contribution >= 0.6 is 0 Å². The summed E-state index contributed by atoms with van der Waals surface area (Å²) in [6.07, 6.45) is 0. The molecule has 268 valence electrons. The van der Waals surface area contributed by atoms with Gasteiger partial charge in [-0.15, -0.1) is 0 Å². The third kappa shape index (κ3) is 5.58. The van der Waals surface area contributed by atoms with Crippen LogP contribution in [0.3, 0.4) is 0 Å². The van der Waals surface area contributed by atoms with Crippen LogP contribution in [0.5, 0.6) is 0 Å². The molecule has 0 N–H and O–H groups in total. The molecule has 0 saturated carbocycles. The molecule has 0 radical (unpaired) electrons. The van der Waals surface area contributed by atoms with E-state index in [9.17, 15) is 0 Å². The molecule has 2 aromatic heterocycles. The van der Waals surface area contributed by atoms with E-state index in [1.165, 1.54) is 27.4 Å². The molecule has 0 fully saturated rings. The lowest BCUT2D eigenvalue weighted by Crippen LogP contribution is -2.10. The smallest absolute Gasteiger partial charge is 0.227 e. The first-order valence-corrected chi connectivity index (χ1v) is 19.3. The number of fused-ring (bicyclic) bond motifs is 6. The summed E-state index contributed by atoms with van der Waals surface area (Å²) in [6, 6.07) is 75.2. The van der Waals surface area contributed by atoms with Gasteiger partial charge in [-0.25, -0.2) is 4.98 Å². The van der Waals surface area contributed by atoms with Gasteiger partial charge in [0, 0.05) is 38.8 Å². The van der Waals surface area contributed by atoms with Gasteiger partial charge >= 0.3 is 0 Å². The van der Waals surface area contributed by atoms with Crippen molar-refractivity contribution in [3.8, 4) is 39.4 Å². The van der Waals surface area contributed by atoms with E-state index in [1.54, 1.807) is 0 Å². The van der Waals surface area contributed by atoms with Gasteiger partial charge in [0.15, 0.2) is 5.58 Å². The van der Waals surface area contributed by atoms with Crippen LogP contribution in [0.4, 0.5) is 17.1 Å². The number of nitrogens with zero attached hydrogens (tertiary/aromatic N) is 3. The fourth-order valence-corrected chi connectivity index (χ4v) is 8.40. The van der Waals surface area contributed by atoms with Gasteiger partial charge in [0.1, 0.15) is 5.52 Å². The van der Waals surface area contributed by atoms with Crippen LogP contribution in [-0.4, -0.2) is 9.55 Å². The zero-order chi connectivity index (χ0) is 37.7. The molecule has 57 heavy (non-hydrogen) atoms. The Morgan fingerprint density at radius 1 is 0.404 bits per heavy atom. The van der Waals surface area contributed by atoms with Gasteiger partial charge in [0.05, 0.1) is 16.7 Å². The third-order valence-corrected chi connectivity index (χ3v) is 11.0. The SMILES string of the molecule is c1ccc(-c2ccc(N(c3ccc(-c4cccc5c4ccc4oc(-c6ccccc6)nc45)cc3)c3cccc4c3c3ccccc3n4-c3ccccc3)cc2)cc1. The summed E-state index contributed by atoms with van der Waals surface area (Å²) in [7, 11) is 0. The summed E-state index contributed by atoms with van der Waals surface area (Å²) in [5.74, 6) is 0.631. The molecule has 4 heteroatoms. The van der Waals surface area contributed by atoms with Crippen molar-refractivity contribution in [1.82, 2.24) is 9.55 Å². The van der Waals surface area contributed by atoms with Crippen LogP contribution in [0.2, 0.25) is 0 Å². The fraction of sp³-hybridized carbons (Fsp3) is 0.